The Morgan fingerprint density at radius 2 is 2.00 bits per heavy atom. The average molecular weight is 304 g/mol. The average Bonchev–Trinajstić information content (AvgIpc) is 2.93. The third-order valence-corrected chi connectivity index (χ3v) is 4.71. The molecule has 21 heavy (non-hydrogen) atoms. The van der Waals surface area contributed by atoms with Gasteiger partial charge in [0.25, 0.3) is 0 Å². The molecule has 3 rings (SSSR count). The number of carbonyl (C=O) groups is 1. The van der Waals surface area contributed by atoms with Crippen molar-refractivity contribution in [3.8, 4) is 0 Å². The fraction of sp³-hybridized carbons (Fsp3) is 0.533. The molecule has 0 spiro atoms. The summed E-state index contributed by atoms with van der Waals surface area (Å²) in [4.78, 5) is 18.7. The Kier molecular flexibility index (Phi) is 3.80. The third kappa shape index (κ3) is 2.72. The first-order valence-corrected chi connectivity index (χ1v) is 7.84. The Balaban J connectivity index is 1.88. The first-order valence-electron chi connectivity index (χ1n) is 7.43. The van der Waals surface area contributed by atoms with Crippen LogP contribution in [0.25, 0.3) is 0 Å². The molecular formula is C15H20N4OS. The molecule has 112 valence electrons. The van der Waals surface area contributed by atoms with Crippen molar-refractivity contribution in [1.29, 1.82) is 0 Å². The van der Waals surface area contributed by atoms with Crippen LogP contribution in [0, 0.1) is 5.92 Å². The van der Waals surface area contributed by atoms with Gasteiger partial charge >= 0.3 is 0 Å². The lowest BCUT2D eigenvalue weighted by atomic mass is 9.96. The van der Waals surface area contributed by atoms with E-state index in [-0.39, 0.29) is 11.8 Å². The van der Waals surface area contributed by atoms with Crippen LogP contribution < -0.4 is 16.4 Å². The number of fused-ring (bicyclic) bond motifs is 1. The van der Waals surface area contributed by atoms with E-state index in [0.29, 0.717) is 4.99 Å². The molecule has 0 saturated carbocycles. The normalized spacial score (nSPS) is 18.6. The van der Waals surface area contributed by atoms with Gasteiger partial charge in [-0.15, -0.1) is 0 Å². The van der Waals surface area contributed by atoms with Crippen LogP contribution >= 0.6 is 12.2 Å². The Morgan fingerprint density at radius 1 is 1.29 bits per heavy atom. The monoisotopic (exact) mass is 304 g/mol. The minimum atomic E-state index is -0.203. The second-order valence-electron chi connectivity index (χ2n) is 5.85. The van der Waals surface area contributed by atoms with E-state index in [1.807, 2.05) is 0 Å². The van der Waals surface area contributed by atoms with Crippen LogP contribution in [0.1, 0.15) is 36.1 Å². The van der Waals surface area contributed by atoms with Gasteiger partial charge in [0, 0.05) is 24.7 Å². The highest BCUT2D eigenvalue weighted by Crippen LogP contribution is 2.30. The van der Waals surface area contributed by atoms with Gasteiger partial charge in [0.1, 0.15) is 10.8 Å². The fourth-order valence-corrected chi connectivity index (χ4v) is 3.41. The van der Waals surface area contributed by atoms with E-state index < -0.39 is 0 Å². The molecule has 4 N–H and O–H groups in total. The first-order chi connectivity index (χ1) is 10.1. The molecule has 0 atom stereocenters. The van der Waals surface area contributed by atoms with Crippen molar-refractivity contribution >= 4 is 28.9 Å². The van der Waals surface area contributed by atoms with E-state index in [1.165, 1.54) is 11.3 Å². The van der Waals surface area contributed by atoms with E-state index in [4.69, 9.17) is 28.7 Å². The standard InChI is InChI=1S/C15H20N4OS/c16-13(20)9-4-6-19(7-5-9)15-11(14(17)21)8-10-2-1-3-12(10)18-15/h8-9H,1-7H2,(H2,16,20)(H2,17,21). The fourth-order valence-electron chi connectivity index (χ4n) is 3.26. The Hall–Kier alpha value is -1.69. The van der Waals surface area contributed by atoms with Crippen molar-refractivity contribution in [2.45, 2.75) is 32.1 Å². The molecule has 0 bridgehead atoms. The van der Waals surface area contributed by atoms with Crippen molar-refractivity contribution in [2.75, 3.05) is 18.0 Å². The smallest absolute Gasteiger partial charge is 0.220 e. The number of aromatic nitrogens is 1. The van der Waals surface area contributed by atoms with Crippen LogP contribution in [-0.4, -0.2) is 29.0 Å². The van der Waals surface area contributed by atoms with E-state index in [0.717, 1.165) is 56.6 Å². The number of hydrogen-bond donors (Lipinski definition) is 2. The van der Waals surface area contributed by atoms with Crippen LogP contribution in [0.3, 0.4) is 0 Å². The van der Waals surface area contributed by atoms with Crippen LogP contribution in [-0.2, 0) is 17.6 Å². The molecular weight excluding hydrogens is 284 g/mol. The van der Waals surface area contributed by atoms with E-state index >= 15 is 0 Å². The predicted molar refractivity (Wildman–Crippen MR) is 86.3 cm³/mol. The summed E-state index contributed by atoms with van der Waals surface area (Å²) in [6.45, 7) is 1.55. The summed E-state index contributed by atoms with van der Waals surface area (Å²) in [7, 11) is 0. The Labute approximate surface area is 129 Å². The van der Waals surface area contributed by atoms with Gasteiger partial charge in [-0.1, -0.05) is 12.2 Å². The van der Waals surface area contributed by atoms with Crippen molar-refractivity contribution < 1.29 is 4.79 Å². The minimum absolute atomic E-state index is 0.0241. The van der Waals surface area contributed by atoms with Gasteiger partial charge in [0.05, 0.1) is 5.56 Å². The summed E-state index contributed by atoms with van der Waals surface area (Å²) in [5, 5.41) is 0. The van der Waals surface area contributed by atoms with Gasteiger partial charge in [-0.25, -0.2) is 4.98 Å². The molecule has 1 saturated heterocycles. The number of nitrogens with zero attached hydrogens (tertiary/aromatic N) is 2. The number of aryl methyl sites for hydroxylation is 2. The topological polar surface area (TPSA) is 85.2 Å². The summed E-state index contributed by atoms with van der Waals surface area (Å²) in [5.74, 6) is 0.654. The van der Waals surface area contributed by atoms with E-state index in [9.17, 15) is 4.79 Å². The Morgan fingerprint density at radius 3 is 2.62 bits per heavy atom. The zero-order valence-electron chi connectivity index (χ0n) is 12.0. The molecule has 1 aromatic heterocycles. The molecule has 1 aromatic rings. The van der Waals surface area contributed by atoms with Gasteiger partial charge in [-0.3, -0.25) is 4.79 Å². The molecule has 6 heteroatoms. The van der Waals surface area contributed by atoms with Crippen molar-refractivity contribution in [2.24, 2.45) is 17.4 Å². The van der Waals surface area contributed by atoms with Crippen LogP contribution in [0.5, 0.6) is 0 Å². The molecule has 1 amide bonds. The maximum absolute atomic E-state index is 11.3. The molecule has 2 heterocycles. The van der Waals surface area contributed by atoms with Crippen molar-refractivity contribution in [1.82, 2.24) is 4.98 Å². The predicted octanol–water partition coefficient (Wildman–Crippen LogP) is 0.906. The lowest BCUT2D eigenvalue weighted by molar-refractivity contribution is -0.122. The quantitative estimate of drug-likeness (QED) is 0.811. The molecule has 1 fully saturated rings. The number of piperidine rings is 1. The molecule has 0 aromatic carbocycles. The second-order valence-corrected chi connectivity index (χ2v) is 6.29. The molecule has 2 aliphatic rings. The molecule has 5 nitrogen and oxygen atoms in total. The second kappa shape index (κ2) is 5.60. The minimum Gasteiger partial charge on any atom is -0.389 e. The highest BCUT2D eigenvalue weighted by Gasteiger charge is 2.27. The van der Waals surface area contributed by atoms with Crippen LogP contribution in [0.2, 0.25) is 0 Å². The van der Waals surface area contributed by atoms with Gasteiger partial charge in [-0.2, -0.15) is 0 Å². The maximum atomic E-state index is 11.3. The maximum Gasteiger partial charge on any atom is 0.220 e. The zero-order valence-corrected chi connectivity index (χ0v) is 12.8. The summed E-state index contributed by atoms with van der Waals surface area (Å²) in [6, 6.07) is 2.10. The van der Waals surface area contributed by atoms with Gasteiger partial charge < -0.3 is 16.4 Å². The SMILES string of the molecule is NC(=O)C1CCN(c2nc3c(cc2C(N)=S)CCC3)CC1. The third-order valence-electron chi connectivity index (χ3n) is 4.49. The van der Waals surface area contributed by atoms with Crippen molar-refractivity contribution in [3.63, 3.8) is 0 Å². The van der Waals surface area contributed by atoms with Gasteiger partial charge in [0.2, 0.25) is 5.91 Å². The number of hydrogen-bond acceptors (Lipinski definition) is 4. The van der Waals surface area contributed by atoms with Gasteiger partial charge in [0.15, 0.2) is 0 Å². The van der Waals surface area contributed by atoms with Crippen molar-refractivity contribution in [3.05, 3.63) is 22.9 Å². The summed E-state index contributed by atoms with van der Waals surface area (Å²) < 4.78 is 0. The summed E-state index contributed by atoms with van der Waals surface area (Å²) in [5.41, 5.74) is 14.6. The lowest BCUT2D eigenvalue weighted by Crippen LogP contribution is -2.40. The molecule has 1 aliphatic heterocycles. The molecule has 0 unspecified atom stereocenters. The number of nitrogens with two attached hydrogens (primary N) is 2. The lowest BCUT2D eigenvalue weighted by Gasteiger charge is -2.33. The zero-order chi connectivity index (χ0) is 15.0. The largest absolute Gasteiger partial charge is 0.389 e. The summed E-state index contributed by atoms with van der Waals surface area (Å²) in [6.07, 6.45) is 4.77. The molecule has 0 radical (unpaired) electrons. The number of primary amides is 1. The number of rotatable bonds is 3. The first kappa shape index (κ1) is 14.3. The van der Waals surface area contributed by atoms with E-state index in [1.54, 1.807) is 0 Å². The molecule has 1 aliphatic carbocycles. The van der Waals surface area contributed by atoms with E-state index in [2.05, 4.69) is 11.0 Å². The van der Waals surface area contributed by atoms with Crippen LogP contribution in [0.4, 0.5) is 5.82 Å². The number of pyridine rings is 1. The van der Waals surface area contributed by atoms with Crippen LogP contribution in [0.15, 0.2) is 6.07 Å². The highest BCUT2D eigenvalue weighted by molar-refractivity contribution is 7.80. The highest BCUT2D eigenvalue weighted by atomic mass is 32.1. The number of carbonyl (C=O) groups excluding carboxylic acids is 1. The summed E-state index contributed by atoms with van der Waals surface area (Å²) >= 11 is 5.19. The number of thiocarbonyl (C=S) groups is 1. The Bertz CT molecular complexity index is 594. The number of anilines is 1. The van der Waals surface area contributed by atoms with Gasteiger partial charge in [-0.05, 0) is 43.7 Å². The number of amides is 1.